The molecule has 0 bridgehead atoms. The van der Waals surface area contributed by atoms with E-state index in [2.05, 4.69) is 4.98 Å². The van der Waals surface area contributed by atoms with Crippen molar-refractivity contribution in [2.75, 3.05) is 20.3 Å². The van der Waals surface area contributed by atoms with Crippen molar-refractivity contribution < 1.29 is 19.0 Å². The first-order chi connectivity index (χ1) is 10.6. The van der Waals surface area contributed by atoms with Gasteiger partial charge in [-0.05, 0) is 12.1 Å². The normalized spacial score (nSPS) is 10.5. The molecule has 0 aliphatic carbocycles. The van der Waals surface area contributed by atoms with Crippen LogP contribution in [0, 0.1) is 0 Å². The zero-order valence-electron chi connectivity index (χ0n) is 11.7. The number of carbonyl (C=O) groups is 1. The van der Waals surface area contributed by atoms with Gasteiger partial charge in [0.15, 0.2) is 11.4 Å². The highest BCUT2D eigenvalue weighted by Crippen LogP contribution is 2.32. The summed E-state index contributed by atoms with van der Waals surface area (Å²) in [5.41, 5.74) is 0.257. The quantitative estimate of drug-likeness (QED) is 0.553. The summed E-state index contributed by atoms with van der Waals surface area (Å²) in [6.07, 6.45) is 0. The minimum absolute atomic E-state index is 0.0670. The van der Waals surface area contributed by atoms with E-state index in [4.69, 9.17) is 37.4 Å². The zero-order chi connectivity index (χ0) is 15.9. The van der Waals surface area contributed by atoms with E-state index in [1.54, 1.807) is 30.7 Å². The molecule has 1 heterocycles. The van der Waals surface area contributed by atoms with E-state index in [1.807, 2.05) is 0 Å². The largest absolute Gasteiger partial charge is 0.487 e. The molecule has 0 radical (unpaired) electrons. The molecule has 1 aromatic carbocycles. The molecule has 0 atom stereocenters. The monoisotopic (exact) mass is 361 g/mol. The number of hydrogen-bond acceptors (Lipinski definition) is 6. The van der Waals surface area contributed by atoms with Gasteiger partial charge in [-0.2, -0.15) is 0 Å². The molecule has 0 N–H and O–H groups in total. The molecular formula is C14H13Cl2NO4S. The second kappa shape index (κ2) is 8.33. The average molecular weight is 362 g/mol. The molecule has 22 heavy (non-hydrogen) atoms. The number of thiazole rings is 1. The second-order valence-electron chi connectivity index (χ2n) is 4.09. The standard InChI is InChI=1S/C14H13Cl2NO4S/c1-19-7-12-17-11(8-22-12)14(18)21-6-5-20-13-9(15)3-2-4-10(13)16/h2-4,8H,5-7H2,1H3. The number of esters is 1. The van der Waals surface area contributed by atoms with Crippen LogP contribution in [0.4, 0.5) is 0 Å². The van der Waals surface area contributed by atoms with Gasteiger partial charge in [0.1, 0.15) is 18.2 Å². The van der Waals surface area contributed by atoms with E-state index >= 15 is 0 Å². The van der Waals surface area contributed by atoms with E-state index in [9.17, 15) is 4.79 Å². The lowest BCUT2D eigenvalue weighted by Crippen LogP contribution is -2.13. The molecule has 2 aromatic rings. The highest BCUT2D eigenvalue weighted by atomic mass is 35.5. The summed E-state index contributed by atoms with van der Waals surface area (Å²) in [4.78, 5) is 15.9. The van der Waals surface area contributed by atoms with Crippen LogP contribution in [0.25, 0.3) is 0 Å². The lowest BCUT2D eigenvalue weighted by atomic mass is 10.3. The molecule has 0 saturated carbocycles. The van der Waals surface area contributed by atoms with Crippen LogP contribution in [0.1, 0.15) is 15.5 Å². The Morgan fingerprint density at radius 2 is 2.00 bits per heavy atom. The Bertz CT molecular complexity index is 627. The molecule has 118 valence electrons. The van der Waals surface area contributed by atoms with Crippen molar-refractivity contribution in [1.82, 2.24) is 4.98 Å². The van der Waals surface area contributed by atoms with Crippen molar-refractivity contribution in [3.63, 3.8) is 0 Å². The Balaban J connectivity index is 1.79. The van der Waals surface area contributed by atoms with Gasteiger partial charge in [0.2, 0.25) is 0 Å². The van der Waals surface area contributed by atoms with Crippen LogP contribution in [-0.4, -0.2) is 31.3 Å². The Kier molecular flexibility index (Phi) is 6.45. The molecule has 0 aliphatic rings. The first-order valence-electron chi connectivity index (χ1n) is 6.29. The summed E-state index contributed by atoms with van der Waals surface area (Å²) in [5.74, 6) is -0.134. The molecule has 0 amide bonds. The Morgan fingerprint density at radius 3 is 2.68 bits per heavy atom. The van der Waals surface area contributed by atoms with Gasteiger partial charge < -0.3 is 14.2 Å². The fourth-order valence-electron chi connectivity index (χ4n) is 1.57. The summed E-state index contributed by atoms with van der Waals surface area (Å²) in [5, 5.41) is 3.15. The maximum absolute atomic E-state index is 11.8. The van der Waals surface area contributed by atoms with Crippen molar-refractivity contribution in [1.29, 1.82) is 0 Å². The molecule has 0 fully saturated rings. The van der Waals surface area contributed by atoms with Gasteiger partial charge >= 0.3 is 5.97 Å². The van der Waals surface area contributed by atoms with Crippen LogP contribution >= 0.6 is 34.5 Å². The van der Waals surface area contributed by atoms with Gasteiger partial charge in [-0.1, -0.05) is 29.3 Å². The molecular weight excluding hydrogens is 349 g/mol. The van der Waals surface area contributed by atoms with Crippen LogP contribution in [0.15, 0.2) is 23.6 Å². The maximum Gasteiger partial charge on any atom is 0.357 e. The third kappa shape index (κ3) is 4.58. The van der Waals surface area contributed by atoms with Gasteiger partial charge in [-0.15, -0.1) is 11.3 Å². The molecule has 0 saturated heterocycles. The third-order valence-electron chi connectivity index (χ3n) is 2.51. The maximum atomic E-state index is 11.8. The number of methoxy groups -OCH3 is 1. The number of ether oxygens (including phenoxy) is 3. The molecule has 5 nitrogen and oxygen atoms in total. The Morgan fingerprint density at radius 1 is 1.27 bits per heavy atom. The third-order valence-corrected chi connectivity index (χ3v) is 3.93. The van der Waals surface area contributed by atoms with Crippen LogP contribution in [0.3, 0.4) is 0 Å². The SMILES string of the molecule is COCc1nc(C(=O)OCCOc2c(Cl)cccc2Cl)cs1. The predicted molar refractivity (Wildman–Crippen MR) is 85.1 cm³/mol. The van der Waals surface area contributed by atoms with Crippen molar-refractivity contribution in [2.24, 2.45) is 0 Å². The van der Waals surface area contributed by atoms with Crippen molar-refractivity contribution in [3.05, 3.63) is 44.3 Å². The summed E-state index contributed by atoms with van der Waals surface area (Å²) in [6, 6.07) is 5.06. The summed E-state index contributed by atoms with van der Waals surface area (Å²) >= 11 is 13.3. The number of aromatic nitrogens is 1. The average Bonchev–Trinajstić information content (AvgIpc) is 2.95. The van der Waals surface area contributed by atoms with E-state index in [1.165, 1.54) is 11.3 Å². The Labute approximate surface area is 141 Å². The molecule has 8 heteroatoms. The molecule has 0 spiro atoms. The molecule has 2 rings (SSSR count). The molecule has 1 aromatic heterocycles. The number of hydrogen-bond donors (Lipinski definition) is 0. The van der Waals surface area contributed by atoms with E-state index in [-0.39, 0.29) is 18.9 Å². The molecule has 0 unspecified atom stereocenters. The van der Waals surface area contributed by atoms with Gasteiger partial charge in [0.25, 0.3) is 0 Å². The minimum Gasteiger partial charge on any atom is -0.487 e. The number of halogens is 2. The predicted octanol–water partition coefficient (Wildman–Crippen LogP) is 3.83. The fraction of sp³-hybridized carbons (Fsp3) is 0.286. The van der Waals surface area contributed by atoms with Gasteiger partial charge in [0.05, 0.1) is 16.7 Å². The number of para-hydroxylation sites is 1. The number of benzene rings is 1. The molecule has 0 aliphatic heterocycles. The topological polar surface area (TPSA) is 57.7 Å². The number of rotatable bonds is 7. The first-order valence-corrected chi connectivity index (χ1v) is 7.92. The van der Waals surface area contributed by atoms with Crippen LogP contribution < -0.4 is 4.74 Å². The van der Waals surface area contributed by atoms with Gasteiger partial charge in [0, 0.05) is 12.5 Å². The Hall–Kier alpha value is -1.34. The summed E-state index contributed by atoms with van der Waals surface area (Å²) < 4.78 is 15.4. The zero-order valence-corrected chi connectivity index (χ0v) is 14.0. The van der Waals surface area contributed by atoms with Crippen molar-refractivity contribution >= 4 is 40.5 Å². The second-order valence-corrected chi connectivity index (χ2v) is 5.85. The minimum atomic E-state index is -0.507. The lowest BCUT2D eigenvalue weighted by molar-refractivity contribution is 0.0444. The lowest BCUT2D eigenvalue weighted by Gasteiger charge is -2.09. The van der Waals surface area contributed by atoms with Gasteiger partial charge in [-0.3, -0.25) is 0 Å². The van der Waals surface area contributed by atoms with Crippen LogP contribution in [0.5, 0.6) is 5.75 Å². The first kappa shape index (κ1) is 17.0. The van der Waals surface area contributed by atoms with Crippen molar-refractivity contribution in [2.45, 2.75) is 6.61 Å². The van der Waals surface area contributed by atoms with E-state index in [0.29, 0.717) is 27.4 Å². The number of nitrogens with zero attached hydrogens (tertiary/aromatic N) is 1. The van der Waals surface area contributed by atoms with Crippen LogP contribution in [0.2, 0.25) is 10.0 Å². The summed E-state index contributed by atoms with van der Waals surface area (Å²) in [6.45, 7) is 0.577. The van der Waals surface area contributed by atoms with Gasteiger partial charge in [-0.25, -0.2) is 9.78 Å². The highest BCUT2D eigenvalue weighted by Gasteiger charge is 2.12. The van der Waals surface area contributed by atoms with Crippen molar-refractivity contribution in [3.8, 4) is 5.75 Å². The fourth-order valence-corrected chi connectivity index (χ4v) is 2.81. The smallest absolute Gasteiger partial charge is 0.357 e. The highest BCUT2D eigenvalue weighted by molar-refractivity contribution is 7.09. The van der Waals surface area contributed by atoms with E-state index in [0.717, 1.165) is 0 Å². The summed E-state index contributed by atoms with van der Waals surface area (Å²) in [7, 11) is 1.57. The van der Waals surface area contributed by atoms with Crippen LogP contribution in [-0.2, 0) is 16.1 Å². The number of carbonyl (C=O) groups excluding carboxylic acids is 1. The van der Waals surface area contributed by atoms with E-state index < -0.39 is 5.97 Å².